The lowest BCUT2D eigenvalue weighted by molar-refractivity contribution is -0.144. The van der Waals surface area contributed by atoms with Crippen LogP contribution in [-0.2, 0) is 120 Å². The van der Waals surface area contributed by atoms with Gasteiger partial charge in [-0.15, -0.1) is 0 Å². The van der Waals surface area contributed by atoms with Gasteiger partial charge in [0.15, 0.2) is 17.3 Å². The molecule has 0 unspecified atom stereocenters. The number of hydrogen-bond donors (Lipinski definition) is 3. The van der Waals surface area contributed by atoms with E-state index in [1.54, 1.807) is 0 Å². The van der Waals surface area contributed by atoms with Crippen molar-refractivity contribution in [3.8, 4) is 17.2 Å². The Kier molecular flexibility index (Phi) is 35.5. The summed E-state index contributed by atoms with van der Waals surface area (Å²) in [6.07, 6.45) is 14.0. The van der Waals surface area contributed by atoms with Crippen LogP contribution in [-0.4, -0.2) is 162 Å². The van der Waals surface area contributed by atoms with Crippen molar-refractivity contribution in [3.05, 3.63) is 299 Å². The lowest BCUT2D eigenvalue weighted by Gasteiger charge is -2.27. The van der Waals surface area contributed by atoms with Crippen LogP contribution in [0.4, 0.5) is 0 Å². The number of rotatable bonds is 41. The highest BCUT2D eigenvalue weighted by molar-refractivity contribution is 5.86. The van der Waals surface area contributed by atoms with Crippen molar-refractivity contribution in [2.45, 2.75) is 247 Å². The Labute approximate surface area is 789 Å². The molecule has 15 rings (SSSR count). The summed E-state index contributed by atoms with van der Waals surface area (Å²) in [6.45, 7) is 34.1. The fraction of sp³-hybridized carbons (Fsp3) is 0.478. The van der Waals surface area contributed by atoms with Gasteiger partial charge in [-0.2, -0.15) is 0 Å². The number of fused-ring (bicyclic) bond motifs is 3. The highest BCUT2D eigenvalue weighted by atomic mass is 16.5. The molecular formula is C115H143N3O15. The van der Waals surface area contributed by atoms with E-state index in [1.807, 2.05) is 152 Å². The van der Waals surface area contributed by atoms with E-state index in [0.29, 0.717) is 108 Å². The van der Waals surface area contributed by atoms with Crippen LogP contribution in [0.5, 0.6) is 17.2 Å². The number of carbonyl (C=O) groups excluding carboxylic acids is 3. The summed E-state index contributed by atoms with van der Waals surface area (Å²) in [5.74, 6) is -1.74. The molecule has 9 atom stereocenters. The molecule has 0 spiro atoms. The second-order valence-corrected chi connectivity index (χ2v) is 39.5. The van der Waals surface area contributed by atoms with E-state index in [4.69, 9.17) is 28.4 Å². The molecular weight excluding hydrogens is 1660 g/mol. The maximum atomic E-state index is 14.1. The predicted octanol–water partition coefficient (Wildman–Crippen LogP) is 20.8. The molecule has 3 heterocycles. The van der Waals surface area contributed by atoms with Crippen molar-refractivity contribution in [1.82, 2.24) is 14.7 Å². The maximum absolute atomic E-state index is 14.1. The van der Waals surface area contributed by atoms with Gasteiger partial charge in [0.05, 0.1) is 75.5 Å². The number of benzene rings is 9. The van der Waals surface area contributed by atoms with E-state index in [1.165, 1.54) is 50.1 Å². The first-order chi connectivity index (χ1) is 63.9. The second-order valence-electron chi connectivity index (χ2n) is 39.5. The molecule has 0 amide bonds. The molecule has 133 heavy (non-hydrogen) atoms. The molecule has 708 valence electrons. The Bertz CT molecular complexity index is 5390. The third-order valence-corrected chi connectivity index (χ3v) is 27.8. The van der Waals surface area contributed by atoms with E-state index < -0.39 is 53.8 Å². The van der Waals surface area contributed by atoms with Gasteiger partial charge < -0.3 is 43.7 Å². The normalized spacial score (nSPS) is 19.8. The minimum atomic E-state index is -0.832. The minimum absolute atomic E-state index is 0.0984. The molecule has 3 fully saturated rings. The zero-order valence-electron chi connectivity index (χ0n) is 81.1. The highest BCUT2D eigenvalue weighted by Crippen LogP contribution is 2.51. The molecule has 0 bridgehead atoms. The Balaban J connectivity index is 0.000000170. The van der Waals surface area contributed by atoms with E-state index in [2.05, 4.69) is 141 Å². The molecule has 18 heteroatoms. The Hall–Kier alpha value is -10.4. The molecule has 0 radical (unpaired) electrons. The summed E-state index contributed by atoms with van der Waals surface area (Å²) >= 11 is 0. The Morgan fingerprint density at radius 2 is 0.609 bits per heavy atom. The topological polar surface area (TPSA) is 228 Å². The van der Waals surface area contributed by atoms with Gasteiger partial charge in [0.1, 0.15) is 37.1 Å². The number of hydrogen-bond acceptors (Lipinski definition) is 15. The summed E-state index contributed by atoms with van der Waals surface area (Å²) in [5.41, 5.74) is 24.3. The number of nitrogens with zero attached hydrogens (tertiary/aromatic N) is 3. The second kappa shape index (κ2) is 47.2. The van der Waals surface area contributed by atoms with Crippen LogP contribution in [0.2, 0.25) is 0 Å². The Morgan fingerprint density at radius 1 is 0.331 bits per heavy atom. The monoisotopic (exact) mass is 1810 g/mol. The largest absolute Gasteiger partial charge is 0.491 e. The number of ether oxygens (including phenoxy) is 6. The van der Waals surface area contributed by atoms with Gasteiger partial charge in [0.25, 0.3) is 0 Å². The molecule has 18 nitrogen and oxygen atoms in total. The zero-order valence-corrected chi connectivity index (χ0v) is 81.1. The van der Waals surface area contributed by atoms with Gasteiger partial charge in [-0.1, -0.05) is 180 Å². The summed E-state index contributed by atoms with van der Waals surface area (Å²) in [5, 5.41) is 32.1. The van der Waals surface area contributed by atoms with Crippen LogP contribution in [0.1, 0.15) is 248 Å². The predicted molar refractivity (Wildman–Crippen MR) is 525 cm³/mol. The number of aliphatic carboxylic acids is 3. The number of Topliss-reactive ketones (excluding diaryl/α,β-unsaturated/α-hetero) is 3. The Morgan fingerprint density at radius 3 is 0.917 bits per heavy atom. The van der Waals surface area contributed by atoms with E-state index >= 15 is 0 Å². The average molecular weight is 1810 g/mol. The highest BCUT2D eigenvalue weighted by Gasteiger charge is 2.51. The maximum Gasteiger partial charge on any atom is 0.309 e. The first-order valence-corrected chi connectivity index (χ1v) is 49.0. The van der Waals surface area contributed by atoms with Crippen LogP contribution in [0.25, 0.3) is 0 Å². The third-order valence-electron chi connectivity index (χ3n) is 27.8. The summed E-state index contributed by atoms with van der Waals surface area (Å²) in [4.78, 5) is 86.8. The first kappa shape index (κ1) is 100. The number of likely N-dealkylation sites (tertiary alicyclic amines) is 3. The quantitative estimate of drug-likeness (QED) is 0.0303. The van der Waals surface area contributed by atoms with Crippen LogP contribution < -0.4 is 14.2 Å². The lowest BCUT2D eigenvalue weighted by atomic mass is 9.82. The molecule has 3 saturated heterocycles. The molecule has 0 saturated carbocycles. The lowest BCUT2D eigenvalue weighted by Crippen LogP contribution is -2.33. The number of carbonyl (C=O) groups is 6. The van der Waals surface area contributed by atoms with Gasteiger partial charge in [0.2, 0.25) is 0 Å². The smallest absolute Gasteiger partial charge is 0.309 e. The zero-order chi connectivity index (χ0) is 94.7. The van der Waals surface area contributed by atoms with Crippen LogP contribution >= 0.6 is 0 Å². The van der Waals surface area contributed by atoms with E-state index in [-0.39, 0.29) is 73.0 Å². The van der Waals surface area contributed by atoms with Crippen molar-refractivity contribution in [2.75, 3.05) is 78.9 Å². The van der Waals surface area contributed by atoms with Gasteiger partial charge in [-0.25, -0.2) is 0 Å². The van der Waals surface area contributed by atoms with Crippen LogP contribution in [0, 0.1) is 50.4 Å². The summed E-state index contributed by atoms with van der Waals surface area (Å²) in [7, 11) is 0. The molecule has 9 aromatic rings. The first-order valence-electron chi connectivity index (χ1n) is 49.0. The van der Waals surface area contributed by atoms with Gasteiger partial charge in [-0.05, 0) is 304 Å². The molecule has 3 aliphatic carbocycles. The molecule has 3 aliphatic heterocycles. The van der Waals surface area contributed by atoms with Gasteiger partial charge >= 0.3 is 17.9 Å². The van der Waals surface area contributed by atoms with Crippen molar-refractivity contribution in [2.24, 2.45) is 29.6 Å². The molecule has 0 aromatic heterocycles. The number of ketones is 3. The molecule has 6 aliphatic rings. The minimum Gasteiger partial charge on any atom is -0.491 e. The number of aryl methyl sites for hydroxylation is 10. The fourth-order valence-corrected chi connectivity index (χ4v) is 21.6. The van der Waals surface area contributed by atoms with E-state index in [0.717, 1.165) is 144 Å². The van der Waals surface area contributed by atoms with Gasteiger partial charge in [-0.3, -0.25) is 43.5 Å². The van der Waals surface area contributed by atoms with Crippen molar-refractivity contribution in [3.63, 3.8) is 0 Å². The van der Waals surface area contributed by atoms with Crippen LogP contribution in [0.15, 0.2) is 182 Å². The summed E-state index contributed by atoms with van der Waals surface area (Å²) < 4.78 is 34.4. The van der Waals surface area contributed by atoms with Crippen molar-refractivity contribution in [1.29, 1.82) is 0 Å². The van der Waals surface area contributed by atoms with Crippen LogP contribution in [0.3, 0.4) is 0 Å². The average Bonchev–Trinajstić information content (AvgIpc) is 1.62. The number of carboxylic acid groups (broad SMARTS) is 3. The molecule has 9 aromatic carbocycles. The fourth-order valence-electron chi connectivity index (χ4n) is 21.6. The van der Waals surface area contributed by atoms with Gasteiger partial charge in [0, 0.05) is 74.8 Å². The SMILES string of the molecule is CC(C)Cc1cccc(CC(C)C)c1CC(=O)CN1C[C@H](c2ccc3c(c2)CCC3)[C@@H](C(=O)O)[C@@H]1c1ccc(OCCOC(C)C)cc1.CCc1cccc(C)c1CC(=O)CN1C[C@H](c2ccc3c(c2)CCC3)[C@@H](C(=O)O)[C@@H]1c1ccc(OCCOC(C)C)cc1.Cc1cccc(C)c1CC(=O)CN1C[C@H](c2ccc3c(c2)CCC3)[C@@H](C(=O)O)[C@@H]1c1ccc(OCCOC(C)C)cc1. The summed E-state index contributed by atoms with van der Waals surface area (Å²) in [6, 6.07) is 60.2. The number of carboxylic acids is 3. The third kappa shape index (κ3) is 26.2. The van der Waals surface area contributed by atoms with Crippen molar-refractivity contribution < 1.29 is 72.5 Å². The van der Waals surface area contributed by atoms with E-state index in [9.17, 15) is 44.1 Å². The molecule has 3 N–H and O–H groups in total. The standard InChI is InChI=1S/C42H55NO5.C37H45NO5.C36H43NO5/c1-27(2)21-33-11-8-12-34(22-28(3)4)38(33)24-36(44)25-43-26-39(35-14-13-30-9-7-10-32(30)23-35)40(42(45)46)41(43)31-15-17-37(18-16-31)48-20-19-47-29(5)6;1-5-26-9-6-8-25(4)33(26)21-31(39)22-38-23-34(30-13-12-27-10-7-11-29(27)20-30)35(37(40)41)36(38)28-14-16-32(17-15-28)43-19-18-42-24(2)3;1-23(2)41-17-18-42-31-15-13-27(14-16-31)35-34(36(39)40)33(29-12-11-26-9-6-10-28(26)19-29)22-37(35)21-30(38)20-32-24(3)7-5-8-25(32)4/h8,11-18,23,27-29,39-41H,7,9-10,19-22,24-26H2,1-6H3,(H,45,46);6,8-9,12-17,20,24,34-36H,5,7,10-11,18-19,21-23H2,1-4H3,(H,40,41);5,7-8,11-16,19,23,33-35H,6,9-10,17-18,20-22H2,1-4H3,(H,39,40)/t39-,40-,41+;34-,35-,36+;33-,34-,35+/m111/s1. The van der Waals surface area contributed by atoms with Crippen molar-refractivity contribution >= 4 is 35.3 Å².